The van der Waals surface area contributed by atoms with Crippen LogP contribution in [0.5, 0.6) is 0 Å². The summed E-state index contributed by atoms with van der Waals surface area (Å²) >= 11 is 0. The number of rotatable bonds is 1. The topological polar surface area (TPSA) is 60.1 Å². The van der Waals surface area contributed by atoms with Gasteiger partial charge in [-0.15, -0.1) is 0 Å². The Labute approximate surface area is 114 Å². The molecular formula is C14H23N3O2. The zero-order valence-electron chi connectivity index (χ0n) is 11.4. The molecule has 2 saturated heterocycles. The van der Waals surface area contributed by atoms with Gasteiger partial charge in [0, 0.05) is 31.0 Å². The minimum absolute atomic E-state index is 0.345. The Bertz CT molecular complexity index is 388. The van der Waals surface area contributed by atoms with Crippen molar-refractivity contribution >= 4 is 5.96 Å². The molecule has 0 bridgehead atoms. The standard InChI is InChI=1S/C14H23N3O2/c15-13(17-5-8-18-9-6-17)16-11-10-2-7-19-12(10)14(11)3-1-4-14/h10-12H,1-9H2,(H2,15,16). The van der Waals surface area contributed by atoms with Crippen LogP contribution in [0, 0.1) is 11.3 Å². The minimum atomic E-state index is 0.345. The lowest BCUT2D eigenvalue weighted by molar-refractivity contribution is -0.164. The molecule has 3 atom stereocenters. The van der Waals surface area contributed by atoms with Gasteiger partial charge in [-0.25, -0.2) is 4.99 Å². The smallest absolute Gasteiger partial charge is 0.191 e. The molecule has 0 amide bonds. The van der Waals surface area contributed by atoms with Gasteiger partial charge in [0.15, 0.2) is 5.96 Å². The number of morpholine rings is 1. The highest BCUT2D eigenvalue weighted by molar-refractivity contribution is 5.78. The van der Waals surface area contributed by atoms with E-state index in [-0.39, 0.29) is 0 Å². The summed E-state index contributed by atoms with van der Waals surface area (Å²) in [6.07, 6.45) is 5.53. The second kappa shape index (κ2) is 4.35. The highest BCUT2D eigenvalue weighted by Gasteiger charge is 2.66. The second-order valence-electron chi connectivity index (χ2n) is 6.36. The van der Waals surface area contributed by atoms with Gasteiger partial charge in [-0.1, -0.05) is 6.42 Å². The van der Waals surface area contributed by atoms with E-state index in [1.807, 2.05) is 0 Å². The van der Waals surface area contributed by atoms with Crippen LogP contribution < -0.4 is 5.73 Å². The summed E-state index contributed by atoms with van der Waals surface area (Å²) in [4.78, 5) is 7.07. The van der Waals surface area contributed by atoms with Gasteiger partial charge in [0.2, 0.25) is 0 Å². The highest BCUT2D eigenvalue weighted by Crippen LogP contribution is 2.64. The molecule has 19 heavy (non-hydrogen) atoms. The Morgan fingerprint density at radius 1 is 1.21 bits per heavy atom. The highest BCUT2D eigenvalue weighted by atomic mass is 16.5. The van der Waals surface area contributed by atoms with Crippen molar-refractivity contribution in [2.45, 2.75) is 37.8 Å². The lowest BCUT2D eigenvalue weighted by atomic mass is 9.46. The Kier molecular flexibility index (Phi) is 2.74. The molecule has 4 fully saturated rings. The number of hydrogen-bond acceptors (Lipinski definition) is 3. The molecule has 106 valence electrons. The van der Waals surface area contributed by atoms with Crippen molar-refractivity contribution in [3.63, 3.8) is 0 Å². The normalized spacial score (nSPS) is 40.7. The van der Waals surface area contributed by atoms with Crippen LogP contribution in [0.2, 0.25) is 0 Å². The fourth-order valence-electron chi connectivity index (χ4n) is 4.40. The van der Waals surface area contributed by atoms with E-state index in [0.29, 0.717) is 23.5 Å². The molecule has 0 aromatic rings. The van der Waals surface area contributed by atoms with Crippen LogP contribution in [0.4, 0.5) is 0 Å². The number of fused-ring (bicyclic) bond motifs is 2. The zero-order valence-corrected chi connectivity index (χ0v) is 11.4. The summed E-state index contributed by atoms with van der Waals surface area (Å²) in [7, 11) is 0. The van der Waals surface area contributed by atoms with Crippen molar-refractivity contribution in [3.05, 3.63) is 0 Å². The Balaban J connectivity index is 1.51. The first-order valence-corrected chi connectivity index (χ1v) is 7.59. The maximum absolute atomic E-state index is 6.22. The molecule has 2 aliphatic carbocycles. The van der Waals surface area contributed by atoms with E-state index in [4.69, 9.17) is 20.2 Å². The predicted molar refractivity (Wildman–Crippen MR) is 71.9 cm³/mol. The van der Waals surface area contributed by atoms with Crippen LogP contribution in [-0.2, 0) is 9.47 Å². The van der Waals surface area contributed by atoms with Gasteiger partial charge in [-0.3, -0.25) is 0 Å². The van der Waals surface area contributed by atoms with Crippen molar-refractivity contribution in [1.82, 2.24) is 4.90 Å². The number of hydrogen-bond donors (Lipinski definition) is 1. The zero-order chi connectivity index (χ0) is 12.9. The number of guanidine groups is 1. The molecule has 4 aliphatic rings. The summed E-state index contributed by atoms with van der Waals surface area (Å²) in [5, 5.41) is 0. The molecule has 1 spiro atoms. The van der Waals surface area contributed by atoms with Gasteiger partial charge in [0.1, 0.15) is 0 Å². The summed E-state index contributed by atoms with van der Waals surface area (Å²) in [6.45, 7) is 4.20. The number of ether oxygens (including phenoxy) is 2. The van der Waals surface area contributed by atoms with E-state index in [9.17, 15) is 0 Å². The monoisotopic (exact) mass is 265 g/mol. The van der Waals surface area contributed by atoms with Crippen LogP contribution in [0.3, 0.4) is 0 Å². The second-order valence-corrected chi connectivity index (χ2v) is 6.36. The average Bonchev–Trinajstić information content (AvgIpc) is 2.80. The van der Waals surface area contributed by atoms with Crippen molar-refractivity contribution in [2.24, 2.45) is 22.1 Å². The van der Waals surface area contributed by atoms with Gasteiger partial charge >= 0.3 is 0 Å². The van der Waals surface area contributed by atoms with Crippen LogP contribution >= 0.6 is 0 Å². The van der Waals surface area contributed by atoms with Crippen molar-refractivity contribution < 1.29 is 9.47 Å². The quantitative estimate of drug-likeness (QED) is 0.557. The molecule has 5 heteroatoms. The Morgan fingerprint density at radius 2 is 2.00 bits per heavy atom. The van der Waals surface area contributed by atoms with Crippen LogP contribution in [-0.4, -0.2) is 55.9 Å². The first kappa shape index (κ1) is 12.0. The molecule has 0 aromatic carbocycles. The summed E-state index contributed by atoms with van der Waals surface area (Å²) < 4.78 is 11.3. The third-order valence-electron chi connectivity index (χ3n) is 5.59. The molecule has 5 nitrogen and oxygen atoms in total. The molecule has 2 saturated carbocycles. The maximum atomic E-state index is 6.22. The van der Waals surface area contributed by atoms with E-state index >= 15 is 0 Å². The van der Waals surface area contributed by atoms with Crippen molar-refractivity contribution in [2.75, 3.05) is 32.9 Å². The van der Waals surface area contributed by atoms with Gasteiger partial charge in [0.25, 0.3) is 0 Å². The molecule has 2 N–H and O–H groups in total. The first-order valence-electron chi connectivity index (χ1n) is 7.59. The molecule has 0 radical (unpaired) electrons. The maximum Gasteiger partial charge on any atom is 0.191 e. The van der Waals surface area contributed by atoms with Crippen LogP contribution in [0.15, 0.2) is 4.99 Å². The predicted octanol–water partition coefficient (Wildman–Crippen LogP) is 0.591. The van der Waals surface area contributed by atoms with Crippen LogP contribution in [0.1, 0.15) is 25.7 Å². The molecular weight excluding hydrogens is 242 g/mol. The van der Waals surface area contributed by atoms with E-state index in [1.165, 1.54) is 19.3 Å². The summed E-state index contributed by atoms with van der Waals surface area (Å²) in [5.74, 6) is 1.35. The number of nitrogens with two attached hydrogens (primary N) is 1. The molecule has 2 heterocycles. The molecule has 4 rings (SSSR count). The fourth-order valence-corrected chi connectivity index (χ4v) is 4.40. The Morgan fingerprint density at radius 3 is 2.68 bits per heavy atom. The number of nitrogens with zero attached hydrogens (tertiary/aromatic N) is 2. The summed E-state index contributed by atoms with van der Waals surface area (Å²) in [6, 6.07) is 0.414. The molecule has 2 aliphatic heterocycles. The van der Waals surface area contributed by atoms with E-state index < -0.39 is 0 Å². The average molecular weight is 265 g/mol. The van der Waals surface area contributed by atoms with E-state index in [2.05, 4.69) is 4.90 Å². The fraction of sp³-hybridized carbons (Fsp3) is 0.929. The minimum Gasteiger partial charge on any atom is -0.378 e. The van der Waals surface area contributed by atoms with Crippen molar-refractivity contribution in [3.8, 4) is 0 Å². The van der Waals surface area contributed by atoms with Gasteiger partial charge in [0.05, 0.1) is 25.4 Å². The molecule has 0 aromatic heterocycles. The van der Waals surface area contributed by atoms with Gasteiger partial charge in [-0.2, -0.15) is 0 Å². The van der Waals surface area contributed by atoms with E-state index in [1.54, 1.807) is 0 Å². The summed E-state index contributed by atoms with van der Waals surface area (Å²) in [5.41, 5.74) is 6.57. The van der Waals surface area contributed by atoms with Crippen molar-refractivity contribution in [1.29, 1.82) is 0 Å². The van der Waals surface area contributed by atoms with Gasteiger partial charge < -0.3 is 20.1 Å². The third-order valence-corrected chi connectivity index (χ3v) is 5.59. The SMILES string of the molecule is NC(=NC1C2CCOC2C12CCC2)N1CCOCC1. The van der Waals surface area contributed by atoms with Gasteiger partial charge in [-0.05, 0) is 19.3 Å². The molecule has 3 unspecified atom stereocenters. The number of aliphatic imine (C=N–C) groups is 1. The first-order chi connectivity index (χ1) is 9.31. The lowest BCUT2D eigenvalue weighted by Crippen LogP contribution is -2.66. The largest absolute Gasteiger partial charge is 0.378 e. The Hall–Kier alpha value is -0.810. The van der Waals surface area contributed by atoms with Crippen LogP contribution in [0.25, 0.3) is 0 Å². The third kappa shape index (κ3) is 1.64. The lowest BCUT2D eigenvalue weighted by Gasteiger charge is -2.61. The van der Waals surface area contributed by atoms with E-state index in [0.717, 1.165) is 45.3 Å².